The molecule has 15 heavy (non-hydrogen) atoms. The Morgan fingerprint density at radius 3 is 3.20 bits per heavy atom. The van der Waals surface area contributed by atoms with Crippen LogP contribution >= 0.6 is 0 Å². The fourth-order valence-corrected chi connectivity index (χ4v) is 2.20. The van der Waals surface area contributed by atoms with E-state index < -0.39 is 0 Å². The van der Waals surface area contributed by atoms with Gasteiger partial charge in [-0.15, -0.1) is 0 Å². The van der Waals surface area contributed by atoms with E-state index in [0.29, 0.717) is 6.54 Å². The topological polar surface area (TPSA) is 42.2 Å². The number of anilines is 1. The number of nitrogens with zero attached hydrogens (tertiary/aromatic N) is 2. The van der Waals surface area contributed by atoms with Crippen LogP contribution in [-0.2, 0) is 6.54 Å². The van der Waals surface area contributed by atoms with Crippen molar-refractivity contribution in [1.82, 2.24) is 4.98 Å². The van der Waals surface area contributed by atoms with Gasteiger partial charge in [0.25, 0.3) is 0 Å². The van der Waals surface area contributed by atoms with Crippen molar-refractivity contribution in [2.24, 2.45) is 11.7 Å². The Bertz CT molecular complexity index is 324. The van der Waals surface area contributed by atoms with Gasteiger partial charge in [0.05, 0.1) is 5.69 Å². The molecule has 0 aromatic carbocycles. The van der Waals surface area contributed by atoms with Crippen molar-refractivity contribution in [2.45, 2.75) is 26.3 Å². The Kier molecular flexibility index (Phi) is 3.21. The molecular formula is C12H19N3. The van der Waals surface area contributed by atoms with Crippen LogP contribution in [0.1, 0.15) is 25.5 Å². The number of piperidine rings is 1. The zero-order valence-corrected chi connectivity index (χ0v) is 9.32. The van der Waals surface area contributed by atoms with Gasteiger partial charge in [0.2, 0.25) is 0 Å². The second kappa shape index (κ2) is 4.62. The normalized spacial score (nSPS) is 21.7. The number of rotatable bonds is 2. The van der Waals surface area contributed by atoms with Crippen molar-refractivity contribution in [3.05, 3.63) is 24.0 Å². The largest absolute Gasteiger partial charge is 0.371 e. The van der Waals surface area contributed by atoms with Gasteiger partial charge in [-0.1, -0.05) is 6.92 Å². The van der Waals surface area contributed by atoms with E-state index in [1.165, 1.54) is 25.1 Å². The van der Waals surface area contributed by atoms with Crippen molar-refractivity contribution in [1.29, 1.82) is 0 Å². The molecule has 1 fully saturated rings. The van der Waals surface area contributed by atoms with E-state index in [2.05, 4.69) is 28.9 Å². The number of pyridine rings is 1. The number of nitrogens with two attached hydrogens (primary N) is 1. The maximum atomic E-state index is 5.59. The van der Waals surface area contributed by atoms with Crippen LogP contribution < -0.4 is 10.6 Å². The van der Waals surface area contributed by atoms with Crippen LogP contribution in [0.3, 0.4) is 0 Å². The van der Waals surface area contributed by atoms with Gasteiger partial charge in [-0.05, 0) is 30.9 Å². The molecule has 0 saturated carbocycles. The van der Waals surface area contributed by atoms with Crippen molar-refractivity contribution >= 4 is 5.69 Å². The molecule has 1 aliphatic rings. The molecule has 1 saturated heterocycles. The predicted molar refractivity (Wildman–Crippen MR) is 62.7 cm³/mol. The summed E-state index contributed by atoms with van der Waals surface area (Å²) in [6.45, 7) is 5.17. The molecule has 2 N–H and O–H groups in total. The minimum absolute atomic E-state index is 0.525. The monoisotopic (exact) mass is 205 g/mol. The Balaban J connectivity index is 2.13. The van der Waals surface area contributed by atoms with E-state index in [-0.39, 0.29) is 0 Å². The third-order valence-corrected chi connectivity index (χ3v) is 3.03. The van der Waals surface area contributed by atoms with Gasteiger partial charge >= 0.3 is 0 Å². The molecule has 1 atom stereocenters. The lowest BCUT2D eigenvalue weighted by atomic mass is 10.00. The highest BCUT2D eigenvalue weighted by molar-refractivity contribution is 5.46. The molecule has 0 radical (unpaired) electrons. The maximum Gasteiger partial charge on any atom is 0.0560 e. The Morgan fingerprint density at radius 2 is 2.47 bits per heavy atom. The van der Waals surface area contributed by atoms with Crippen LogP contribution in [0.15, 0.2) is 18.3 Å². The molecule has 2 rings (SSSR count). The van der Waals surface area contributed by atoms with E-state index in [9.17, 15) is 0 Å². The zero-order chi connectivity index (χ0) is 10.7. The second-order valence-electron chi connectivity index (χ2n) is 4.40. The van der Waals surface area contributed by atoms with E-state index >= 15 is 0 Å². The average Bonchev–Trinajstić information content (AvgIpc) is 2.29. The highest BCUT2D eigenvalue weighted by Crippen LogP contribution is 2.22. The minimum atomic E-state index is 0.525. The van der Waals surface area contributed by atoms with Crippen LogP contribution in [0.2, 0.25) is 0 Å². The summed E-state index contributed by atoms with van der Waals surface area (Å²) in [5, 5.41) is 0. The Morgan fingerprint density at radius 1 is 1.60 bits per heavy atom. The number of aromatic nitrogens is 1. The van der Waals surface area contributed by atoms with Gasteiger partial charge in [-0.3, -0.25) is 4.98 Å². The molecule has 1 aliphatic heterocycles. The maximum absolute atomic E-state index is 5.59. The van der Waals surface area contributed by atoms with Gasteiger partial charge in [0, 0.05) is 31.5 Å². The lowest BCUT2D eigenvalue weighted by molar-refractivity contribution is 0.446. The van der Waals surface area contributed by atoms with Crippen LogP contribution in [-0.4, -0.2) is 18.1 Å². The molecule has 0 aliphatic carbocycles. The molecule has 0 spiro atoms. The third-order valence-electron chi connectivity index (χ3n) is 3.03. The van der Waals surface area contributed by atoms with E-state index in [4.69, 9.17) is 5.73 Å². The van der Waals surface area contributed by atoms with Gasteiger partial charge in [0.15, 0.2) is 0 Å². The lowest BCUT2D eigenvalue weighted by Crippen LogP contribution is -2.34. The smallest absolute Gasteiger partial charge is 0.0560 e. The molecule has 0 amide bonds. The second-order valence-corrected chi connectivity index (χ2v) is 4.40. The highest BCUT2D eigenvalue weighted by atomic mass is 15.1. The van der Waals surface area contributed by atoms with Crippen molar-refractivity contribution < 1.29 is 0 Å². The molecule has 1 unspecified atom stereocenters. The quantitative estimate of drug-likeness (QED) is 0.800. The molecule has 2 heterocycles. The Hall–Kier alpha value is -1.09. The zero-order valence-electron chi connectivity index (χ0n) is 9.32. The summed E-state index contributed by atoms with van der Waals surface area (Å²) >= 11 is 0. The fraction of sp³-hybridized carbons (Fsp3) is 0.583. The van der Waals surface area contributed by atoms with E-state index in [1.807, 2.05) is 6.20 Å². The first-order valence-electron chi connectivity index (χ1n) is 5.69. The van der Waals surface area contributed by atoms with Gasteiger partial charge in [0.1, 0.15) is 0 Å². The first-order valence-corrected chi connectivity index (χ1v) is 5.69. The summed E-state index contributed by atoms with van der Waals surface area (Å²) < 4.78 is 0. The average molecular weight is 205 g/mol. The van der Waals surface area contributed by atoms with E-state index in [1.54, 1.807) is 0 Å². The summed E-state index contributed by atoms with van der Waals surface area (Å²) in [6.07, 6.45) is 4.50. The highest BCUT2D eigenvalue weighted by Gasteiger charge is 2.16. The molecule has 3 nitrogen and oxygen atoms in total. The molecule has 3 heteroatoms. The molecule has 82 valence electrons. The van der Waals surface area contributed by atoms with Crippen molar-refractivity contribution in [2.75, 3.05) is 18.0 Å². The number of hydrogen-bond donors (Lipinski definition) is 1. The SMILES string of the molecule is CC1CCCN(c2ccnc(CN)c2)C1. The summed E-state index contributed by atoms with van der Waals surface area (Å²) in [7, 11) is 0. The van der Waals surface area contributed by atoms with Gasteiger partial charge in [-0.2, -0.15) is 0 Å². The standard InChI is InChI=1S/C12H19N3/c1-10-3-2-6-15(9-10)12-4-5-14-11(7-12)8-13/h4-5,7,10H,2-3,6,8-9,13H2,1H3. The first kappa shape index (κ1) is 10.4. The van der Waals surface area contributed by atoms with E-state index in [0.717, 1.165) is 18.2 Å². The molecule has 1 aromatic heterocycles. The molecule has 0 bridgehead atoms. The summed E-state index contributed by atoms with van der Waals surface area (Å²) in [4.78, 5) is 6.66. The third kappa shape index (κ3) is 2.48. The van der Waals surface area contributed by atoms with Crippen LogP contribution in [0.4, 0.5) is 5.69 Å². The fourth-order valence-electron chi connectivity index (χ4n) is 2.20. The van der Waals surface area contributed by atoms with Gasteiger partial charge in [-0.25, -0.2) is 0 Å². The summed E-state index contributed by atoms with van der Waals surface area (Å²) in [6, 6.07) is 4.19. The minimum Gasteiger partial charge on any atom is -0.371 e. The Labute approximate surface area is 91.3 Å². The van der Waals surface area contributed by atoms with Crippen LogP contribution in [0, 0.1) is 5.92 Å². The molecule has 1 aromatic rings. The van der Waals surface area contributed by atoms with Crippen molar-refractivity contribution in [3.8, 4) is 0 Å². The first-order chi connectivity index (χ1) is 7.29. The lowest BCUT2D eigenvalue weighted by Gasteiger charge is -2.32. The van der Waals surface area contributed by atoms with Crippen molar-refractivity contribution in [3.63, 3.8) is 0 Å². The van der Waals surface area contributed by atoms with Crippen LogP contribution in [0.25, 0.3) is 0 Å². The van der Waals surface area contributed by atoms with Crippen LogP contribution in [0.5, 0.6) is 0 Å². The predicted octanol–water partition coefficient (Wildman–Crippen LogP) is 1.78. The molecular weight excluding hydrogens is 186 g/mol. The van der Waals surface area contributed by atoms with Gasteiger partial charge < -0.3 is 10.6 Å². The summed E-state index contributed by atoms with van der Waals surface area (Å²) in [5.74, 6) is 0.799. The number of hydrogen-bond acceptors (Lipinski definition) is 3. The summed E-state index contributed by atoms with van der Waals surface area (Å²) in [5.41, 5.74) is 7.85.